The van der Waals surface area contributed by atoms with Crippen molar-refractivity contribution >= 4 is 11.8 Å². The Kier molecular flexibility index (Phi) is 3.99. The average molecular weight is 221 g/mol. The third-order valence-corrected chi connectivity index (χ3v) is 2.03. The van der Waals surface area contributed by atoms with Gasteiger partial charge in [-0.25, -0.2) is 4.98 Å². The van der Waals surface area contributed by atoms with E-state index in [0.29, 0.717) is 18.1 Å². The summed E-state index contributed by atoms with van der Waals surface area (Å²) >= 11 is 0. The number of aliphatic carboxylic acids is 1. The van der Waals surface area contributed by atoms with Gasteiger partial charge in [-0.15, -0.1) is 6.58 Å². The summed E-state index contributed by atoms with van der Waals surface area (Å²) in [4.78, 5) is 20.8. The van der Waals surface area contributed by atoms with Crippen LogP contribution in [0.25, 0.3) is 0 Å². The normalized spacial score (nSPS) is 9.88. The molecule has 16 heavy (non-hydrogen) atoms. The van der Waals surface area contributed by atoms with E-state index in [2.05, 4.69) is 16.5 Å². The second-order valence-corrected chi connectivity index (χ2v) is 3.48. The van der Waals surface area contributed by atoms with Crippen LogP contribution in [0, 0.1) is 13.8 Å². The van der Waals surface area contributed by atoms with Crippen LogP contribution < -0.4 is 4.90 Å². The fourth-order valence-corrected chi connectivity index (χ4v) is 1.37. The van der Waals surface area contributed by atoms with E-state index in [9.17, 15) is 4.79 Å². The Bertz CT molecular complexity index is 404. The zero-order chi connectivity index (χ0) is 12.1. The molecule has 0 radical (unpaired) electrons. The zero-order valence-corrected chi connectivity index (χ0v) is 9.47. The number of aromatic nitrogens is 2. The van der Waals surface area contributed by atoms with Crippen LogP contribution in [0.15, 0.2) is 18.9 Å². The first-order valence-electron chi connectivity index (χ1n) is 4.92. The van der Waals surface area contributed by atoms with Crippen LogP contribution in [-0.2, 0) is 4.79 Å². The number of hydrogen-bond donors (Lipinski definition) is 1. The molecule has 86 valence electrons. The van der Waals surface area contributed by atoms with E-state index < -0.39 is 5.97 Å². The minimum absolute atomic E-state index is 0.106. The standard InChI is InChI=1S/C11H15N3O2/c1-4-5-14(7-10(15)16)11-9(3)12-6-8(2)13-11/h4,6H,1,5,7H2,2-3H3,(H,15,16). The minimum atomic E-state index is -0.899. The molecule has 0 fully saturated rings. The number of carbonyl (C=O) groups is 1. The molecule has 1 aromatic heterocycles. The van der Waals surface area contributed by atoms with Gasteiger partial charge in [-0.05, 0) is 13.8 Å². The Hall–Kier alpha value is -1.91. The van der Waals surface area contributed by atoms with E-state index in [4.69, 9.17) is 5.11 Å². The second-order valence-electron chi connectivity index (χ2n) is 3.48. The monoisotopic (exact) mass is 221 g/mol. The van der Waals surface area contributed by atoms with Gasteiger partial charge in [0, 0.05) is 12.7 Å². The van der Waals surface area contributed by atoms with Crippen molar-refractivity contribution in [1.82, 2.24) is 9.97 Å². The van der Waals surface area contributed by atoms with Crippen LogP contribution in [0.1, 0.15) is 11.4 Å². The maximum atomic E-state index is 10.7. The number of carboxylic acid groups (broad SMARTS) is 1. The van der Waals surface area contributed by atoms with Crippen LogP contribution in [-0.4, -0.2) is 34.1 Å². The fraction of sp³-hybridized carbons (Fsp3) is 0.364. The van der Waals surface area contributed by atoms with Crippen LogP contribution in [0.2, 0.25) is 0 Å². The summed E-state index contributed by atoms with van der Waals surface area (Å²) in [5, 5.41) is 8.81. The molecule has 0 saturated carbocycles. The molecule has 1 N–H and O–H groups in total. The number of aryl methyl sites for hydroxylation is 2. The maximum Gasteiger partial charge on any atom is 0.323 e. The van der Waals surface area contributed by atoms with Gasteiger partial charge in [-0.1, -0.05) is 6.08 Å². The highest BCUT2D eigenvalue weighted by Crippen LogP contribution is 2.14. The number of anilines is 1. The lowest BCUT2D eigenvalue weighted by Gasteiger charge is -2.21. The second kappa shape index (κ2) is 5.25. The molecular formula is C11H15N3O2. The van der Waals surface area contributed by atoms with E-state index in [1.807, 2.05) is 6.92 Å². The number of hydrogen-bond acceptors (Lipinski definition) is 4. The molecule has 0 aliphatic heterocycles. The Balaban J connectivity index is 3.03. The van der Waals surface area contributed by atoms with Gasteiger partial charge >= 0.3 is 5.97 Å². The quantitative estimate of drug-likeness (QED) is 0.756. The van der Waals surface area contributed by atoms with Crippen molar-refractivity contribution in [3.63, 3.8) is 0 Å². The highest BCUT2D eigenvalue weighted by Gasteiger charge is 2.13. The van der Waals surface area contributed by atoms with Crippen molar-refractivity contribution in [2.75, 3.05) is 18.0 Å². The van der Waals surface area contributed by atoms with Gasteiger partial charge in [0.25, 0.3) is 0 Å². The molecule has 0 amide bonds. The molecule has 0 bridgehead atoms. The summed E-state index contributed by atoms with van der Waals surface area (Å²) in [6, 6.07) is 0. The Labute approximate surface area is 94.5 Å². The maximum absolute atomic E-state index is 10.7. The van der Waals surface area contributed by atoms with E-state index in [1.54, 1.807) is 24.1 Å². The van der Waals surface area contributed by atoms with E-state index >= 15 is 0 Å². The van der Waals surface area contributed by atoms with Crippen molar-refractivity contribution in [2.45, 2.75) is 13.8 Å². The van der Waals surface area contributed by atoms with Gasteiger partial charge in [0.2, 0.25) is 0 Å². The van der Waals surface area contributed by atoms with Crippen molar-refractivity contribution in [3.05, 3.63) is 30.2 Å². The van der Waals surface area contributed by atoms with Gasteiger partial charge in [0.1, 0.15) is 6.54 Å². The summed E-state index contributed by atoms with van der Waals surface area (Å²) in [7, 11) is 0. The fourth-order valence-electron chi connectivity index (χ4n) is 1.37. The van der Waals surface area contributed by atoms with Crippen LogP contribution in [0.5, 0.6) is 0 Å². The topological polar surface area (TPSA) is 66.3 Å². The highest BCUT2D eigenvalue weighted by atomic mass is 16.4. The molecule has 0 unspecified atom stereocenters. The molecule has 1 aromatic rings. The summed E-state index contributed by atoms with van der Waals surface area (Å²) in [5.74, 6) is -0.299. The van der Waals surface area contributed by atoms with Crippen LogP contribution in [0.3, 0.4) is 0 Å². The van der Waals surface area contributed by atoms with Crippen molar-refractivity contribution < 1.29 is 9.90 Å². The molecule has 0 spiro atoms. The number of nitrogens with zero attached hydrogens (tertiary/aromatic N) is 3. The largest absolute Gasteiger partial charge is 0.480 e. The first kappa shape index (κ1) is 12.2. The predicted molar refractivity (Wildman–Crippen MR) is 61.6 cm³/mol. The Morgan fingerprint density at radius 1 is 1.62 bits per heavy atom. The number of rotatable bonds is 5. The van der Waals surface area contributed by atoms with Crippen LogP contribution in [0.4, 0.5) is 5.82 Å². The first-order chi connectivity index (χ1) is 7.54. The van der Waals surface area contributed by atoms with Crippen LogP contribution >= 0.6 is 0 Å². The lowest BCUT2D eigenvalue weighted by Crippen LogP contribution is -2.31. The molecule has 0 aliphatic carbocycles. The molecule has 1 rings (SSSR count). The van der Waals surface area contributed by atoms with E-state index in [1.165, 1.54) is 0 Å². The van der Waals surface area contributed by atoms with Gasteiger partial charge in [-0.2, -0.15) is 0 Å². The summed E-state index contributed by atoms with van der Waals surface area (Å²) in [5.41, 5.74) is 1.48. The lowest BCUT2D eigenvalue weighted by atomic mass is 10.3. The van der Waals surface area contributed by atoms with Gasteiger partial charge in [-0.3, -0.25) is 9.78 Å². The molecule has 0 aromatic carbocycles. The minimum Gasteiger partial charge on any atom is -0.480 e. The average Bonchev–Trinajstić information content (AvgIpc) is 2.20. The molecule has 5 heteroatoms. The molecule has 0 atom stereocenters. The molecule has 0 aliphatic rings. The number of carboxylic acids is 1. The lowest BCUT2D eigenvalue weighted by molar-refractivity contribution is -0.135. The van der Waals surface area contributed by atoms with Crippen molar-refractivity contribution in [2.24, 2.45) is 0 Å². The van der Waals surface area contributed by atoms with E-state index in [-0.39, 0.29) is 6.54 Å². The molecule has 5 nitrogen and oxygen atoms in total. The molecule has 1 heterocycles. The predicted octanol–water partition coefficient (Wildman–Crippen LogP) is 1.17. The first-order valence-corrected chi connectivity index (χ1v) is 4.92. The molecular weight excluding hydrogens is 206 g/mol. The van der Waals surface area contributed by atoms with Crippen molar-refractivity contribution in [1.29, 1.82) is 0 Å². The van der Waals surface area contributed by atoms with Gasteiger partial charge in [0.05, 0.1) is 11.4 Å². The smallest absolute Gasteiger partial charge is 0.323 e. The zero-order valence-electron chi connectivity index (χ0n) is 9.47. The Morgan fingerprint density at radius 3 is 2.88 bits per heavy atom. The SMILES string of the molecule is C=CCN(CC(=O)O)c1nc(C)cnc1C. The Morgan fingerprint density at radius 2 is 2.31 bits per heavy atom. The molecule has 0 saturated heterocycles. The third-order valence-electron chi connectivity index (χ3n) is 2.03. The highest BCUT2D eigenvalue weighted by molar-refractivity contribution is 5.73. The summed E-state index contributed by atoms with van der Waals surface area (Å²) in [6.07, 6.45) is 3.30. The summed E-state index contributed by atoms with van der Waals surface area (Å²) < 4.78 is 0. The van der Waals surface area contributed by atoms with Crippen molar-refractivity contribution in [3.8, 4) is 0 Å². The third kappa shape index (κ3) is 3.05. The van der Waals surface area contributed by atoms with E-state index in [0.717, 1.165) is 5.69 Å². The van der Waals surface area contributed by atoms with Gasteiger partial charge < -0.3 is 10.0 Å². The van der Waals surface area contributed by atoms with Gasteiger partial charge in [0.15, 0.2) is 5.82 Å². The summed E-state index contributed by atoms with van der Waals surface area (Å²) in [6.45, 7) is 7.56.